The van der Waals surface area contributed by atoms with Crippen LogP contribution in [0.5, 0.6) is 0 Å². The van der Waals surface area contributed by atoms with Gasteiger partial charge in [-0.1, -0.05) is 51.1 Å². The Balaban J connectivity index is 1.70. The Hall–Kier alpha value is -3.55. The molecule has 2 aromatic carbocycles. The maximum absolute atomic E-state index is 13.8. The average molecular weight is 464 g/mol. The van der Waals surface area contributed by atoms with Gasteiger partial charge in [-0.3, -0.25) is 29.4 Å². The highest BCUT2D eigenvalue weighted by molar-refractivity contribution is 6.09. The molecule has 0 radical (unpaired) electrons. The summed E-state index contributed by atoms with van der Waals surface area (Å²) in [4.78, 5) is 52.7. The molecule has 3 amide bonds. The summed E-state index contributed by atoms with van der Waals surface area (Å²) in [5, 5.41) is 13.9. The van der Waals surface area contributed by atoms with Gasteiger partial charge in [0.05, 0.1) is 10.3 Å². The van der Waals surface area contributed by atoms with Gasteiger partial charge >= 0.3 is 0 Å². The molecule has 3 unspecified atom stereocenters. The van der Waals surface area contributed by atoms with Gasteiger partial charge in [-0.25, -0.2) is 0 Å². The van der Waals surface area contributed by atoms with Gasteiger partial charge in [0.15, 0.2) is 0 Å². The molecule has 34 heavy (non-hydrogen) atoms. The Morgan fingerprint density at radius 3 is 2.47 bits per heavy atom. The summed E-state index contributed by atoms with van der Waals surface area (Å²) in [6.45, 7) is 7.48. The molecule has 1 aliphatic carbocycles. The van der Waals surface area contributed by atoms with Crippen LogP contribution in [0.1, 0.15) is 44.7 Å². The van der Waals surface area contributed by atoms with E-state index in [2.05, 4.69) is 5.32 Å². The number of anilines is 1. The van der Waals surface area contributed by atoms with Gasteiger partial charge in [-0.2, -0.15) is 0 Å². The molecule has 4 rings (SSSR count). The van der Waals surface area contributed by atoms with Crippen LogP contribution in [0.2, 0.25) is 0 Å². The number of carbonyl (C=O) groups is 3. The van der Waals surface area contributed by atoms with Gasteiger partial charge in [0.1, 0.15) is 6.04 Å². The summed E-state index contributed by atoms with van der Waals surface area (Å²) in [7, 11) is 0. The van der Waals surface area contributed by atoms with Crippen molar-refractivity contribution in [1.82, 2.24) is 4.90 Å². The van der Waals surface area contributed by atoms with Gasteiger partial charge in [-0.15, -0.1) is 0 Å². The number of hydrogen-bond donors (Lipinski definition) is 1. The Bertz CT molecular complexity index is 1180. The lowest BCUT2D eigenvalue weighted by Gasteiger charge is -2.49. The largest absolute Gasteiger partial charge is 0.324 e. The maximum atomic E-state index is 13.8. The number of nitro groups is 1. The second kappa shape index (κ2) is 8.34. The molecule has 3 atom stereocenters. The number of imide groups is 1. The lowest BCUT2D eigenvalue weighted by atomic mass is 9.62. The average Bonchev–Trinajstić information content (AvgIpc) is 2.97. The van der Waals surface area contributed by atoms with Crippen molar-refractivity contribution in [1.29, 1.82) is 0 Å². The number of nitrogens with one attached hydrogen (secondary N) is 1. The second-order valence-electron chi connectivity index (χ2n) is 10.1. The summed E-state index contributed by atoms with van der Waals surface area (Å²) in [6, 6.07) is 12.4. The minimum atomic E-state index is -1.03. The number of fused-ring (bicyclic) bond motifs is 2. The normalized spacial score (nSPS) is 24.1. The van der Waals surface area contributed by atoms with Crippen LogP contribution in [-0.2, 0) is 20.8 Å². The molecule has 8 nitrogen and oxygen atoms in total. The number of hydrogen-bond acceptors (Lipinski definition) is 5. The van der Waals surface area contributed by atoms with E-state index in [1.807, 2.05) is 51.1 Å². The van der Waals surface area contributed by atoms with Crippen molar-refractivity contribution in [2.45, 2.75) is 53.0 Å². The number of carbonyl (C=O) groups excluding carboxylic acids is 3. The Kier molecular flexibility index (Phi) is 5.79. The molecule has 2 fully saturated rings. The number of aryl methyl sites for hydroxylation is 1. The second-order valence-corrected chi connectivity index (χ2v) is 10.1. The van der Waals surface area contributed by atoms with E-state index in [4.69, 9.17) is 0 Å². The third-order valence-corrected chi connectivity index (χ3v) is 8.02. The molecule has 2 bridgehead atoms. The Morgan fingerprint density at radius 1 is 1.18 bits per heavy atom. The van der Waals surface area contributed by atoms with Crippen molar-refractivity contribution >= 4 is 29.1 Å². The van der Waals surface area contributed by atoms with Crippen molar-refractivity contribution in [2.24, 2.45) is 16.7 Å². The predicted molar refractivity (Wildman–Crippen MR) is 127 cm³/mol. The van der Waals surface area contributed by atoms with Gasteiger partial charge < -0.3 is 5.32 Å². The summed E-state index contributed by atoms with van der Waals surface area (Å²) >= 11 is 0. The molecule has 1 aliphatic heterocycles. The molecule has 1 saturated heterocycles. The van der Waals surface area contributed by atoms with E-state index in [0.29, 0.717) is 24.1 Å². The third-order valence-electron chi connectivity index (χ3n) is 8.02. The number of amides is 3. The third kappa shape index (κ3) is 3.67. The lowest BCUT2D eigenvalue weighted by Crippen LogP contribution is -2.64. The van der Waals surface area contributed by atoms with E-state index in [1.165, 1.54) is 23.1 Å². The number of likely N-dealkylation sites (tertiary alicyclic amines) is 1. The number of benzene rings is 2. The van der Waals surface area contributed by atoms with Crippen LogP contribution in [0.3, 0.4) is 0 Å². The fraction of sp³-hybridized carbons (Fsp3) is 0.423. The first-order valence-electron chi connectivity index (χ1n) is 11.4. The van der Waals surface area contributed by atoms with Crippen molar-refractivity contribution < 1.29 is 19.3 Å². The molecule has 0 aromatic heterocycles. The van der Waals surface area contributed by atoms with Crippen LogP contribution in [0, 0.1) is 33.8 Å². The zero-order valence-corrected chi connectivity index (χ0v) is 19.8. The zero-order chi connectivity index (χ0) is 24.8. The van der Waals surface area contributed by atoms with E-state index in [0.717, 1.165) is 5.56 Å². The van der Waals surface area contributed by atoms with Crippen molar-refractivity contribution in [2.75, 3.05) is 5.32 Å². The quantitative estimate of drug-likeness (QED) is 0.391. The number of rotatable bonds is 6. The van der Waals surface area contributed by atoms with Gasteiger partial charge in [0.2, 0.25) is 17.7 Å². The maximum Gasteiger partial charge on any atom is 0.269 e. The molecule has 1 saturated carbocycles. The summed E-state index contributed by atoms with van der Waals surface area (Å²) in [5.74, 6) is -1.44. The smallest absolute Gasteiger partial charge is 0.269 e. The summed E-state index contributed by atoms with van der Waals surface area (Å²) < 4.78 is 0. The fourth-order valence-corrected chi connectivity index (χ4v) is 5.40. The Labute approximate surface area is 198 Å². The molecule has 0 spiro atoms. The van der Waals surface area contributed by atoms with Crippen LogP contribution in [-0.4, -0.2) is 33.6 Å². The first kappa shape index (κ1) is 23.6. The number of nitro benzene ring substituents is 1. The highest BCUT2D eigenvalue weighted by Crippen LogP contribution is 2.60. The van der Waals surface area contributed by atoms with Crippen LogP contribution in [0.25, 0.3) is 0 Å². The standard InChI is InChI=1S/C26H29N3O5/c1-16-14-18(29(33)34)10-11-20(16)27-22(30)21(15-17-8-6-5-7-9-17)28-23(31)19-12-13-26(4,24(28)32)25(19,2)3/h5-11,14,19,21H,12-13,15H2,1-4H3,(H,27,30). The monoisotopic (exact) mass is 463 g/mol. The molecule has 2 aliphatic rings. The van der Waals surface area contributed by atoms with E-state index in [9.17, 15) is 24.5 Å². The Morgan fingerprint density at radius 2 is 1.85 bits per heavy atom. The van der Waals surface area contributed by atoms with E-state index in [-0.39, 0.29) is 29.8 Å². The van der Waals surface area contributed by atoms with Crippen molar-refractivity contribution in [3.8, 4) is 0 Å². The van der Waals surface area contributed by atoms with Gasteiger partial charge in [0, 0.05) is 30.2 Å². The van der Waals surface area contributed by atoms with E-state index < -0.39 is 27.7 Å². The number of nitrogens with zero attached hydrogens (tertiary/aromatic N) is 2. The minimum Gasteiger partial charge on any atom is -0.324 e. The molecule has 178 valence electrons. The van der Waals surface area contributed by atoms with Crippen LogP contribution in [0.4, 0.5) is 11.4 Å². The number of piperidine rings is 1. The van der Waals surface area contributed by atoms with Crippen LogP contribution < -0.4 is 5.32 Å². The first-order valence-corrected chi connectivity index (χ1v) is 11.4. The molecular formula is C26H29N3O5. The zero-order valence-electron chi connectivity index (χ0n) is 19.8. The molecule has 1 heterocycles. The SMILES string of the molecule is Cc1cc([N+](=O)[O-])ccc1NC(=O)C(Cc1ccccc1)N1C(=O)C2CCC(C)(C1=O)C2(C)C. The predicted octanol–water partition coefficient (Wildman–Crippen LogP) is 4.26. The highest BCUT2D eigenvalue weighted by atomic mass is 16.6. The molecule has 2 aromatic rings. The highest BCUT2D eigenvalue weighted by Gasteiger charge is 2.65. The summed E-state index contributed by atoms with van der Waals surface area (Å²) in [5.41, 5.74) is 0.450. The van der Waals surface area contributed by atoms with E-state index in [1.54, 1.807) is 6.92 Å². The number of non-ortho nitro benzene ring substituents is 1. The molecular weight excluding hydrogens is 434 g/mol. The van der Waals surface area contributed by atoms with Crippen molar-refractivity contribution in [3.63, 3.8) is 0 Å². The van der Waals surface area contributed by atoms with Crippen LogP contribution >= 0.6 is 0 Å². The molecule has 1 N–H and O–H groups in total. The van der Waals surface area contributed by atoms with Crippen molar-refractivity contribution in [3.05, 3.63) is 69.8 Å². The van der Waals surface area contributed by atoms with Gasteiger partial charge in [0.25, 0.3) is 5.69 Å². The topological polar surface area (TPSA) is 110 Å². The lowest BCUT2D eigenvalue weighted by molar-refractivity contribution is -0.384. The van der Waals surface area contributed by atoms with Gasteiger partial charge in [-0.05, 0) is 42.4 Å². The minimum absolute atomic E-state index is 0.0792. The first-order chi connectivity index (χ1) is 16.0. The van der Waals surface area contributed by atoms with Crippen LogP contribution in [0.15, 0.2) is 48.5 Å². The fourth-order valence-electron chi connectivity index (χ4n) is 5.40. The molecule has 8 heteroatoms. The van der Waals surface area contributed by atoms with E-state index >= 15 is 0 Å². The summed E-state index contributed by atoms with van der Waals surface area (Å²) in [6.07, 6.45) is 1.40.